The molecule has 5 nitrogen and oxygen atoms in total. The molecule has 0 bridgehead atoms. The van der Waals surface area contributed by atoms with Crippen LogP contribution >= 0.6 is 0 Å². The Balaban J connectivity index is 2.03. The number of aromatic nitrogens is 2. The number of hydrogen-bond donors (Lipinski definition) is 1. The molecule has 2 aromatic rings. The van der Waals surface area contributed by atoms with Gasteiger partial charge in [0.05, 0.1) is 18.9 Å². The van der Waals surface area contributed by atoms with Crippen LogP contribution in [0.2, 0.25) is 0 Å². The third-order valence-electron chi connectivity index (χ3n) is 2.21. The van der Waals surface area contributed by atoms with Crippen molar-refractivity contribution in [2.75, 3.05) is 6.61 Å². The first-order valence-electron chi connectivity index (χ1n) is 5.66. The van der Waals surface area contributed by atoms with E-state index >= 15 is 0 Å². The molecule has 0 aliphatic carbocycles. The van der Waals surface area contributed by atoms with E-state index in [-0.39, 0.29) is 6.61 Å². The Morgan fingerprint density at radius 2 is 1.72 bits per heavy atom. The lowest BCUT2D eigenvalue weighted by Gasteiger charge is -2.06. The van der Waals surface area contributed by atoms with Gasteiger partial charge in [0.1, 0.15) is 11.5 Å². The molecule has 0 saturated heterocycles. The molecule has 1 heterocycles. The first-order chi connectivity index (χ1) is 8.81. The third kappa shape index (κ3) is 3.18. The molecule has 0 amide bonds. The maximum absolute atomic E-state index is 8.84. The maximum Gasteiger partial charge on any atom is 0.238 e. The van der Waals surface area contributed by atoms with Crippen molar-refractivity contribution in [3.63, 3.8) is 0 Å². The summed E-state index contributed by atoms with van der Waals surface area (Å²) in [6.07, 6.45) is 0. The Morgan fingerprint density at radius 3 is 2.28 bits per heavy atom. The molecule has 1 N–H and O–H groups in total. The summed E-state index contributed by atoms with van der Waals surface area (Å²) in [5.74, 6) is 1.84. The summed E-state index contributed by atoms with van der Waals surface area (Å²) in [5.41, 5.74) is 0.508. The van der Waals surface area contributed by atoms with Gasteiger partial charge >= 0.3 is 0 Å². The van der Waals surface area contributed by atoms with Gasteiger partial charge in [-0.1, -0.05) is 0 Å². The second-order valence-corrected chi connectivity index (χ2v) is 3.53. The molecule has 1 aromatic heterocycles. The van der Waals surface area contributed by atoms with Crippen LogP contribution in [0.3, 0.4) is 0 Å². The minimum atomic E-state index is -0.129. The Hall–Kier alpha value is -2.14. The zero-order chi connectivity index (χ0) is 12.8. The highest BCUT2D eigenvalue weighted by atomic mass is 16.5. The number of benzene rings is 1. The summed E-state index contributed by atoms with van der Waals surface area (Å²) < 4.78 is 10.8. The number of aliphatic hydroxyl groups is 1. The van der Waals surface area contributed by atoms with Crippen LogP contribution in [0.25, 0.3) is 0 Å². The van der Waals surface area contributed by atoms with Crippen molar-refractivity contribution >= 4 is 0 Å². The smallest absolute Gasteiger partial charge is 0.238 e. The van der Waals surface area contributed by atoms with Gasteiger partial charge in [-0.3, -0.25) is 0 Å². The SMILES string of the molecule is CCOc1ccc(Oc2ccc(CO)nn2)cc1. The van der Waals surface area contributed by atoms with Crippen LogP contribution in [0.5, 0.6) is 17.4 Å². The zero-order valence-electron chi connectivity index (χ0n) is 10.0. The molecule has 5 heteroatoms. The van der Waals surface area contributed by atoms with E-state index in [1.54, 1.807) is 24.3 Å². The van der Waals surface area contributed by atoms with Crippen molar-refractivity contribution < 1.29 is 14.6 Å². The maximum atomic E-state index is 8.84. The van der Waals surface area contributed by atoms with Gasteiger partial charge in [-0.2, -0.15) is 0 Å². The van der Waals surface area contributed by atoms with E-state index < -0.39 is 0 Å². The van der Waals surface area contributed by atoms with Gasteiger partial charge in [0.25, 0.3) is 0 Å². The largest absolute Gasteiger partial charge is 0.494 e. The highest BCUT2D eigenvalue weighted by Crippen LogP contribution is 2.22. The highest BCUT2D eigenvalue weighted by Gasteiger charge is 2.00. The van der Waals surface area contributed by atoms with Gasteiger partial charge in [-0.25, -0.2) is 0 Å². The summed E-state index contributed by atoms with van der Waals surface area (Å²) in [6, 6.07) is 10.6. The lowest BCUT2D eigenvalue weighted by molar-refractivity contribution is 0.274. The van der Waals surface area contributed by atoms with Gasteiger partial charge in [0.15, 0.2) is 0 Å². The number of aliphatic hydroxyl groups excluding tert-OH is 1. The summed E-state index contributed by atoms with van der Waals surface area (Å²) >= 11 is 0. The van der Waals surface area contributed by atoms with Crippen molar-refractivity contribution in [2.45, 2.75) is 13.5 Å². The molecule has 0 fully saturated rings. The molecule has 0 aliphatic rings. The Morgan fingerprint density at radius 1 is 1.00 bits per heavy atom. The molecule has 94 valence electrons. The normalized spacial score (nSPS) is 10.1. The first-order valence-corrected chi connectivity index (χ1v) is 5.66. The quantitative estimate of drug-likeness (QED) is 0.875. The second-order valence-electron chi connectivity index (χ2n) is 3.53. The van der Waals surface area contributed by atoms with Crippen molar-refractivity contribution in [2.24, 2.45) is 0 Å². The molecule has 1 aromatic carbocycles. The van der Waals surface area contributed by atoms with Crippen molar-refractivity contribution in [3.05, 3.63) is 42.1 Å². The van der Waals surface area contributed by atoms with E-state index in [9.17, 15) is 0 Å². The van der Waals surface area contributed by atoms with Gasteiger partial charge in [-0.05, 0) is 37.3 Å². The average molecular weight is 246 g/mol. The molecular weight excluding hydrogens is 232 g/mol. The molecule has 0 aliphatic heterocycles. The van der Waals surface area contributed by atoms with Gasteiger partial charge in [-0.15, -0.1) is 10.2 Å². The van der Waals surface area contributed by atoms with E-state index in [1.165, 1.54) is 0 Å². The molecule has 0 spiro atoms. The standard InChI is InChI=1S/C13H14N2O3/c1-2-17-11-4-6-12(7-5-11)18-13-8-3-10(9-16)14-15-13/h3-8,16H,2,9H2,1H3. The number of rotatable bonds is 5. The van der Waals surface area contributed by atoms with Crippen LogP contribution in [0.1, 0.15) is 12.6 Å². The number of ether oxygens (including phenoxy) is 2. The van der Waals surface area contributed by atoms with Crippen LogP contribution in [-0.2, 0) is 6.61 Å². The topological polar surface area (TPSA) is 64.5 Å². The fourth-order valence-electron chi connectivity index (χ4n) is 1.38. The first kappa shape index (κ1) is 12.3. The van der Waals surface area contributed by atoms with Crippen LogP contribution < -0.4 is 9.47 Å². The molecule has 0 saturated carbocycles. The third-order valence-corrected chi connectivity index (χ3v) is 2.21. The summed E-state index contributed by atoms with van der Waals surface area (Å²) in [4.78, 5) is 0. The fourth-order valence-corrected chi connectivity index (χ4v) is 1.38. The van der Waals surface area contributed by atoms with Crippen LogP contribution in [0.4, 0.5) is 0 Å². The lowest BCUT2D eigenvalue weighted by Crippen LogP contribution is -1.95. The zero-order valence-corrected chi connectivity index (χ0v) is 10.0. The molecule has 0 unspecified atom stereocenters. The van der Waals surface area contributed by atoms with E-state index in [0.29, 0.717) is 23.9 Å². The second kappa shape index (κ2) is 5.97. The lowest BCUT2D eigenvalue weighted by atomic mass is 10.3. The Bertz CT molecular complexity index is 483. The van der Waals surface area contributed by atoms with Crippen LogP contribution in [-0.4, -0.2) is 21.9 Å². The highest BCUT2D eigenvalue weighted by molar-refractivity contribution is 5.33. The van der Waals surface area contributed by atoms with E-state index in [4.69, 9.17) is 14.6 Å². The average Bonchev–Trinajstić information content (AvgIpc) is 2.42. The van der Waals surface area contributed by atoms with E-state index in [1.807, 2.05) is 19.1 Å². The van der Waals surface area contributed by atoms with E-state index in [0.717, 1.165) is 5.75 Å². The predicted molar refractivity (Wildman–Crippen MR) is 65.6 cm³/mol. The van der Waals surface area contributed by atoms with Gasteiger partial charge in [0, 0.05) is 6.07 Å². The molecule has 18 heavy (non-hydrogen) atoms. The molecule has 0 radical (unpaired) electrons. The van der Waals surface area contributed by atoms with Gasteiger partial charge < -0.3 is 14.6 Å². The van der Waals surface area contributed by atoms with Crippen LogP contribution in [0, 0.1) is 0 Å². The number of hydrogen-bond acceptors (Lipinski definition) is 5. The summed E-state index contributed by atoms with van der Waals surface area (Å²) in [7, 11) is 0. The van der Waals surface area contributed by atoms with Crippen molar-refractivity contribution in [1.29, 1.82) is 0 Å². The predicted octanol–water partition coefficient (Wildman–Crippen LogP) is 2.16. The minimum Gasteiger partial charge on any atom is -0.494 e. The molecule has 0 atom stereocenters. The molecular formula is C13H14N2O3. The van der Waals surface area contributed by atoms with Crippen LogP contribution in [0.15, 0.2) is 36.4 Å². The van der Waals surface area contributed by atoms with Crippen molar-refractivity contribution in [3.8, 4) is 17.4 Å². The molecule has 2 rings (SSSR count). The summed E-state index contributed by atoms with van der Waals surface area (Å²) in [5, 5.41) is 16.5. The van der Waals surface area contributed by atoms with Gasteiger partial charge in [0.2, 0.25) is 5.88 Å². The monoisotopic (exact) mass is 246 g/mol. The number of nitrogens with zero attached hydrogens (tertiary/aromatic N) is 2. The Kier molecular flexibility index (Phi) is 4.09. The summed E-state index contributed by atoms with van der Waals surface area (Å²) in [6.45, 7) is 2.44. The fraction of sp³-hybridized carbons (Fsp3) is 0.231. The van der Waals surface area contributed by atoms with E-state index in [2.05, 4.69) is 10.2 Å². The van der Waals surface area contributed by atoms with Crippen molar-refractivity contribution in [1.82, 2.24) is 10.2 Å². The Labute approximate surface area is 105 Å². The minimum absolute atomic E-state index is 0.129.